The molecule has 0 fully saturated rings. The third kappa shape index (κ3) is 1.43. The molecule has 0 amide bonds. The quantitative estimate of drug-likeness (QED) is 0.782. The molecular weight excluding hydrogens is 203 g/mol. The highest BCUT2D eigenvalue weighted by Crippen LogP contribution is 2.27. The van der Waals surface area contributed by atoms with Crippen LogP contribution in [0.5, 0.6) is 0 Å². The average molecular weight is 218 g/mol. The molecule has 3 heteroatoms. The summed E-state index contributed by atoms with van der Waals surface area (Å²) in [5, 5.41) is 1.13. The maximum Gasteiger partial charge on any atom is 0.125 e. The second-order valence-electron chi connectivity index (χ2n) is 4.59. The maximum absolute atomic E-state index is 13.2. The Balaban J connectivity index is 2.15. The van der Waals surface area contributed by atoms with E-state index in [0.717, 1.165) is 30.3 Å². The Bertz CT molecular complexity index is 530. The zero-order valence-electron chi connectivity index (χ0n) is 9.12. The third-order valence-corrected chi connectivity index (χ3v) is 3.53. The van der Waals surface area contributed by atoms with Gasteiger partial charge in [0.1, 0.15) is 5.82 Å². The number of halogens is 1. The Morgan fingerprint density at radius 3 is 3.06 bits per heavy atom. The highest BCUT2D eigenvalue weighted by atomic mass is 19.1. The van der Waals surface area contributed by atoms with E-state index in [-0.39, 0.29) is 5.82 Å². The first-order valence-electron chi connectivity index (χ1n) is 5.75. The van der Waals surface area contributed by atoms with Crippen molar-refractivity contribution >= 4 is 10.9 Å². The summed E-state index contributed by atoms with van der Waals surface area (Å²) in [6, 6.07) is 7.17. The Labute approximate surface area is 93.9 Å². The van der Waals surface area contributed by atoms with E-state index in [9.17, 15) is 4.39 Å². The number of nitrogens with zero attached hydrogens (tertiary/aromatic N) is 1. The van der Waals surface area contributed by atoms with Gasteiger partial charge in [0, 0.05) is 17.6 Å². The molecule has 2 N–H and O–H groups in total. The van der Waals surface area contributed by atoms with Crippen molar-refractivity contribution in [3.8, 4) is 0 Å². The van der Waals surface area contributed by atoms with Crippen LogP contribution in [0.4, 0.5) is 4.39 Å². The highest BCUT2D eigenvalue weighted by Gasteiger charge is 2.19. The predicted octanol–water partition coefficient (Wildman–Crippen LogP) is 2.30. The van der Waals surface area contributed by atoms with Crippen LogP contribution in [0.1, 0.15) is 12.1 Å². The topological polar surface area (TPSA) is 30.9 Å². The molecule has 1 unspecified atom stereocenters. The number of nitrogens with two attached hydrogens (primary N) is 1. The fourth-order valence-electron chi connectivity index (χ4n) is 2.60. The molecule has 1 aliphatic heterocycles. The van der Waals surface area contributed by atoms with Crippen molar-refractivity contribution in [3.63, 3.8) is 0 Å². The van der Waals surface area contributed by atoms with Gasteiger partial charge in [-0.15, -0.1) is 0 Å². The van der Waals surface area contributed by atoms with Crippen LogP contribution in [0.15, 0.2) is 24.3 Å². The van der Waals surface area contributed by atoms with E-state index in [4.69, 9.17) is 5.73 Å². The van der Waals surface area contributed by atoms with E-state index in [1.54, 1.807) is 6.07 Å². The average Bonchev–Trinajstić information content (AvgIpc) is 2.66. The molecule has 1 aromatic carbocycles. The van der Waals surface area contributed by atoms with Crippen LogP contribution in [0.3, 0.4) is 0 Å². The highest BCUT2D eigenvalue weighted by molar-refractivity contribution is 5.81. The van der Waals surface area contributed by atoms with Crippen molar-refractivity contribution in [1.82, 2.24) is 4.57 Å². The first-order valence-corrected chi connectivity index (χ1v) is 5.75. The number of aromatic nitrogens is 1. The first kappa shape index (κ1) is 9.85. The third-order valence-electron chi connectivity index (χ3n) is 3.53. The number of benzene rings is 1. The number of fused-ring (bicyclic) bond motifs is 3. The summed E-state index contributed by atoms with van der Waals surface area (Å²) >= 11 is 0. The van der Waals surface area contributed by atoms with Gasteiger partial charge in [-0.1, -0.05) is 0 Å². The Kier molecular flexibility index (Phi) is 2.21. The second kappa shape index (κ2) is 3.59. The lowest BCUT2D eigenvalue weighted by atomic mass is 9.98. The zero-order chi connectivity index (χ0) is 11.1. The maximum atomic E-state index is 13.2. The summed E-state index contributed by atoms with van der Waals surface area (Å²) in [5.74, 6) is 0.370. The number of rotatable bonds is 1. The molecule has 1 aliphatic rings. The van der Waals surface area contributed by atoms with Crippen LogP contribution in [0.2, 0.25) is 0 Å². The summed E-state index contributed by atoms with van der Waals surface area (Å²) in [7, 11) is 0. The van der Waals surface area contributed by atoms with Crippen LogP contribution in [-0.2, 0) is 13.0 Å². The zero-order valence-corrected chi connectivity index (χ0v) is 9.12. The molecule has 0 saturated heterocycles. The fraction of sp³-hybridized carbons (Fsp3) is 0.385. The number of hydrogen-bond acceptors (Lipinski definition) is 1. The molecule has 0 radical (unpaired) electrons. The Morgan fingerprint density at radius 1 is 1.38 bits per heavy atom. The van der Waals surface area contributed by atoms with Gasteiger partial charge in [-0.3, -0.25) is 0 Å². The van der Waals surface area contributed by atoms with E-state index in [1.807, 2.05) is 6.07 Å². The van der Waals surface area contributed by atoms with Crippen molar-refractivity contribution < 1.29 is 4.39 Å². The van der Waals surface area contributed by atoms with Crippen molar-refractivity contribution in [3.05, 3.63) is 35.8 Å². The van der Waals surface area contributed by atoms with Gasteiger partial charge in [0.25, 0.3) is 0 Å². The van der Waals surface area contributed by atoms with Crippen molar-refractivity contribution in [2.75, 3.05) is 6.54 Å². The minimum atomic E-state index is -0.164. The van der Waals surface area contributed by atoms with E-state index >= 15 is 0 Å². The molecule has 3 rings (SSSR count). The normalized spacial score (nSPS) is 20.0. The lowest BCUT2D eigenvalue weighted by Crippen LogP contribution is -2.25. The first-order chi connectivity index (χ1) is 7.78. The molecule has 0 bridgehead atoms. The molecule has 2 heterocycles. The molecular formula is C13H15FN2. The molecule has 16 heavy (non-hydrogen) atoms. The van der Waals surface area contributed by atoms with Crippen LogP contribution in [0.25, 0.3) is 10.9 Å². The smallest absolute Gasteiger partial charge is 0.125 e. The molecule has 1 atom stereocenters. The summed E-state index contributed by atoms with van der Waals surface area (Å²) in [5.41, 5.74) is 8.03. The van der Waals surface area contributed by atoms with Crippen molar-refractivity contribution in [2.45, 2.75) is 19.4 Å². The fourth-order valence-corrected chi connectivity index (χ4v) is 2.60. The lowest BCUT2D eigenvalue weighted by molar-refractivity contribution is 0.385. The van der Waals surface area contributed by atoms with Gasteiger partial charge in [-0.2, -0.15) is 0 Å². The van der Waals surface area contributed by atoms with Gasteiger partial charge < -0.3 is 10.3 Å². The SMILES string of the molecule is NCC1CCc2cc3ccc(F)cc3n2C1. The van der Waals surface area contributed by atoms with Crippen LogP contribution < -0.4 is 5.73 Å². The van der Waals surface area contributed by atoms with Crippen molar-refractivity contribution in [1.29, 1.82) is 0 Å². The largest absolute Gasteiger partial charge is 0.344 e. The molecule has 0 aliphatic carbocycles. The van der Waals surface area contributed by atoms with Crippen molar-refractivity contribution in [2.24, 2.45) is 11.7 Å². The summed E-state index contributed by atoms with van der Waals surface area (Å²) in [4.78, 5) is 0. The standard InChI is InChI=1S/C13H15FN2/c14-11-3-2-10-5-12-4-1-9(7-15)8-16(12)13(10)6-11/h2-3,5-6,9H,1,4,7-8,15H2. The minimum Gasteiger partial charge on any atom is -0.344 e. The summed E-state index contributed by atoms with van der Waals surface area (Å²) in [6.45, 7) is 1.65. The van der Waals surface area contributed by atoms with E-state index in [1.165, 1.54) is 11.8 Å². The lowest BCUT2D eigenvalue weighted by Gasteiger charge is -2.24. The molecule has 2 nitrogen and oxygen atoms in total. The molecule has 1 aromatic heterocycles. The van der Waals surface area contributed by atoms with E-state index < -0.39 is 0 Å². The van der Waals surface area contributed by atoms with Gasteiger partial charge in [0.15, 0.2) is 0 Å². The second-order valence-corrected chi connectivity index (χ2v) is 4.59. The van der Waals surface area contributed by atoms with Gasteiger partial charge in [-0.05, 0) is 49.6 Å². The van der Waals surface area contributed by atoms with Gasteiger partial charge in [0.2, 0.25) is 0 Å². The molecule has 2 aromatic rings. The molecule has 0 saturated carbocycles. The van der Waals surface area contributed by atoms with Gasteiger partial charge in [-0.25, -0.2) is 4.39 Å². The molecule has 84 valence electrons. The monoisotopic (exact) mass is 218 g/mol. The molecule has 0 spiro atoms. The van der Waals surface area contributed by atoms with Crippen LogP contribution >= 0.6 is 0 Å². The van der Waals surface area contributed by atoms with E-state index in [2.05, 4.69) is 10.6 Å². The van der Waals surface area contributed by atoms with Crippen LogP contribution in [0, 0.1) is 11.7 Å². The Hall–Kier alpha value is -1.35. The van der Waals surface area contributed by atoms with E-state index in [0.29, 0.717) is 12.5 Å². The van der Waals surface area contributed by atoms with Crippen LogP contribution in [-0.4, -0.2) is 11.1 Å². The summed E-state index contributed by atoms with van der Waals surface area (Å²) < 4.78 is 15.4. The van der Waals surface area contributed by atoms with Gasteiger partial charge in [0.05, 0.1) is 5.52 Å². The van der Waals surface area contributed by atoms with Gasteiger partial charge >= 0.3 is 0 Å². The number of hydrogen-bond donors (Lipinski definition) is 1. The Morgan fingerprint density at radius 2 is 2.25 bits per heavy atom. The minimum absolute atomic E-state index is 0.164. The predicted molar refractivity (Wildman–Crippen MR) is 62.8 cm³/mol. The number of aryl methyl sites for hydroxylation is 1. The summed E-state index contributed by atoms with van der Waals surface area (Å²) in [6.07, 6.45) is 2.20.